The second-order valence-corrected chi connectivity index (χ2v) is 7.05. The summed E-state index contributed by atoms with van der Waals surface area (Å²) in [7, 11) is 4.89. The molecule has 130 valence electrons. The zero-order valence-electron chi connectivity index (χ0n) is 14.2. The lowest BCUT2D eigenvalue weighted by Gasteiger charge is -2.33. The van der Waals surface area contributed by atoms with Gasteiger partial charge in [0.15, 0.2) is 0 Å². The van der Waals surface area contributed by atoms with Gasteiger partial charge in [-0.25, -0.2) is 4.79 Å². The first-order chi connectivity index (χ1) is 11.5. The molecule has 1 saturated carbocycles. The summed E-state index contributed by atoms with van der Waals surface area (Å²) in [6.45, 7) is 0. The number of aromatic nitrogens is 2. The van der Waals surface area contributed by atoms with Gasteiger partial charge in [-0.2, -0.15) is 5.10 Å². The number of rotatable bonds is 3. The van der Waals surface area contributed by atoms with Crippen LogP contribution in [0.25, 0.3) is 10.9 Å². The number of carbonyl (C=O) groups excluding carboxylic acids is 1. The lowest BCUT2D eigenvalue weighted by molar-refractivity contribution is 0.101. The van der Waals surface area contributed by atoms with Crippen LogP contribution in [0.4, 0.5) is 4.79 Å². The van der Waals surface area contributed by atoms with Gasteiger partial charge in [-0.1, -0.05) is 0 Å². The molecule has 1 fully saturated rings. The first kappa shape index (κ1) is 17.1. The number of hydrogen-bond acceptors (Lipinski definition) is 4. The Morgan fingerprint density at radius 3 is 2.62 bits per heavy atom. The highest BCUT2D eigenvalue weighted by atomic mass is 79.9. The molecule has 1 heterocycles. The van der Waals surface area contributed by atoms with Crippen LogP contribution in [-0.2, 0) is 4.74 Å². The third kappa shape index (κ3) is 3.22. The molecule has 1 aromatic carbocycles. The van der Waals surface area contributed by atoms with Crippen LogP contribution in [0.3, 0.4) is 0 Å². The number of nitrogens with zero attached hydrogens (tertiary/aromatic N) is 3. The molecule has 1 aliphatic rings. The quantitative estimate of drug-likeness (QED) is 0.788. The molecule has 0 aliphatic heterocycles. The number of benzene rings is 1. The molecular formula is C17H22BrN3O3. The average Bonchev–Trinajstić information content (AvgIpc) is 3.02. The van der Waals surface area contributed by atoms with E-state index in [4.69, 9.17) is 14.6 Å². The molecule has 2 aromatic rings. The number of carbonyl (C=O) groups is 1. The maximum absolute atomic E-state index is 11.6. The van der Waals surface area contributed by atoms with Gasteiger partial charge in [0.25, 0.3) is 0 Å². The fourth-order valence-electron chi connectivity index (χ4n) is 3.39. The Balaban J connectivity index is 1.72. The summed E-state index contributed by atoms with van der Waals surface area (Å²) < 4.78 is 13.1. The van der Waals surface area contributed by atoms with E-state index >= 15 is 0 Å². The first-order valence-corrected chi connectivity index (χ1v) is 8.86. The molecule has 0 unspecified atom stereocenters. The van der Waals surface area contributed by atoms with Crippen LogP contribution in [0.1, 0.15) is 31.7 Å². The van der Waals surface area contributed by atoms with E-state index in [1.165, 1.54) is 7.11 Å². The third-order valence-electron chi connectivity index (χ3n) is 4.85. The minimum absolute atomic E-state index is 0.243. The van der Waals surface area contributed by atoms with Gasteiger partial charge in [0, 0.05) is 30.7 Å². The number of fused-ring (bicyclic) bond motifs is 1. The second-order valence-electron chi connectivity index (χ2n) is 6.20. The average molecular weight is 396 g/mol. The molecule has 1 aliphatic carbocycles. The lowest BCUT2D eigenvalue weighted by atomic mass is 9.90. The predicted octanol–water partition coefficient (Wildman–Crippen LogP) is 3.99. The molecule has 0 bridgehead atoms. The highest BCUT2D eigenvalue weighted by Gasteiger charge is 2.28. The molecule has 7 heteroatoms. The molecule has 6 nitrogen and oxygen atoms in total. The normalized spacial score (nSPS) is 20.8. The summed E-state index contributed by atoms with van der Waals surface area (Å²) in [5, 5.41) is 5.81. The molecular weight excluding hydrogens is 374 g/mol. The molecule has 3 rings (SSSR count). The topological polar surface area (TPSA) is 56.6 Å². The fraction of sp³-hybridized carbons (Fsp3) is 0.529. The summed E-state index contributed by atoms with van der Waals surface area (Å²) in [6.07, 6.45) is 5.74. The number of hydrogen-bond donors (Lipinski definition) is 0. The van der Waals surface area contributed by atoms with Crippen LogP contribution in [0.5, 0.6) is 5.75 Å². The van der Waals surface area contributed by atoms with Crippen LogP contribution < -0.4 is 4.74 Å². The van der Waals surface area contributed by atoms with Gasteiger partial charge < -0.3 is 14.4 Å². The molecule has 0 atom stereocenters. The number of ether oxygens (including phenoxy) is 2. The molecule has 0 N–H and O–H groups in total. The summed E-state index contributed by atoms with van der Waals surface area (Å²) in [4.78, 5) is 13.3. The van der Waals surface area contributed by atoms with Crippen molar-refractivity contribution in [3.63, 3.8) is 0 Å². The number of amides is 1. The summed E-state index contributed by atoms with van der Waals surface area (Å²) in [5.41, 5.74) is 0.934. The van der Waals surface area contributed by atoms with Crippen molar-refractivity contribution in [1.82, 2.24) is 14.7 Å². The van der Waals surface area contributed by atoms with Gasteiger partial charge in [0.1, 0.15) is 5.75 Å². The Labute approximate surface area is 149 Å². The van der Waals surface area contributed by atoms with E-state index in [2.05, 4.69) is 26.8 Å². The summed E-state index contributed by atoms with van der Waals surface area (Å²) in [5.74, 6) is 0.788. The van der Waals surface area contributed by atoms with Crippen molar-refractivity contribution in [2.75, 3.05) is 21.3 Å². The molecule has 1 amide bonds. The third-order valence-corrected chi connectivity index (χ3v) is 5.47. The second kappa shape index (κ2) is 7.01. The molecule has 0 spiro atoms. The van der Waals surface area contributed by atoms with E-state index in [0.717, 1.165) is 46.8 Å². The monoisotopic (exact) mass is 395 g/mol. The van der Waals surface area contributed by atoms with E-state index < -0.39 is 0 Å². The van der Waals surface area contributed by atoms with Gasteiger partial charge >= 0.3 is 6.09 Å². The maximum Gasteiger partial charge on any atom is 0.409 e. The molecule has 24 heavy (non-hydrogen) atoms. The van der Waals surface area contributed by atoms with E-state index in [1.807, 2.05) is 19.2 Å². The highest BCUT2D eigenvalue weighted by Crippen LogP contribution is 2.34. The summed E-state index contributed by atoms with van der Waals surface area (Å²) in [6, 6.07) is 4.60. The minimum atomic E-state index is -0.264. The molecule has 1 aromatic heterocycles. The standard InChI is InChI=1S/C17H22BrN3O3/c1-20(17(22)24-3)12-4-6-13(7-5-12)21-10-11-8-14(18)16(23-2)9-15(11)19-21/h8-10,12-13H,4-7H2,1-3H3. The van der Waals surface area contributed by atoms with Gasteiger partial charge in [-0.15, -0.1) is 0 Å². The van der Waals surface area contributed by atoms with Crippen molar-refractivity contribution in [3.05, 3.63) is 22.8 Å². The van der Waals surface area contributed by atoms with Gasteiger partial charge in [-0.05, 0) is 47.7 Å². The van der Waals surface area contributed by atoms with Gasteiger partial charge in [0.2, 0.25) is 0 Å². The fourth-order valence-corrected chi connectivity index (χ4v) is 3.91. The zero-order chi connectivity index (χ0) is 17.3. The van der Waals surface area contributed by atoms with Crippen LogP contribution in [0.2, 0.25) is 0 Å². The van der Waals surface area contributed by atoms with Crippen molar-refractivity contribution in [2.24, 2.45) is 0 Å². The largest absolute Gasteiger partial charge is 0.495 e. The van der Waals surface area contributed by atoms with Crippen molar-refractivity contribution in [1.29, 1.82) is 0 Å². The van der Waals surface area contributed by atoms with E-state index in [1.54, 1.807) is 12.0 Å². The van der Waals surface area contributed by atoms with Crippen LogP contribution >= 0.6 is 15.9 Å². The maximum atomic E-state index is 11.6. The summed E-state index contributed by atoms with van der Waals surface area (Å²) >= 11 is 3.52. The van der Waals surface area contributed by atoms with Crippen LogP contribution in [0.15, 0.2) is 22.8 Å². The van der Waals surface area contributed by atoms with Crippen molar-refractivity contribution in [2.45, 2.75) is 37.8 Å². The first-order valence-electron chi connectivity index (χ1n) is 8.06. The Morgan fingerprint density at radius 1 is 1.29 bits per heavy atom. The van der Waals surface area contributed by atoms with Crippen molar-refractivity contribution < 1.29 is 14.3 Å². The Morgan fingerprint density at radius 2 is 2.00 bits per heavy atom. The van der Waals surface area contributed by atoms with E-state index in [0.29, 0.717) is 6.04 Å². The Kier molecular flexibility index (Phi) is 4.99. The predicted molar refractivity (Wildman–Crippen MR) is 95.4 cm³/mol. The van der Waals surface area contributed by atoms with Crippen LogP contribution in [0, 0.1) is 0 Å². The van der Waals surface area contributed by atoms with Gasteiger partial charge in [0.05, 0.1) is 30.3 Å². The number of methoxy groups -OCH3 is 2. The lowest BCUT2D eigenvalue weighted by Crippen LogP contribution is -2.39. The Hall–Kier alpha value is -1.76. The van der Waals surface area contributed by atoms with Gasteiger partial charge in [-0.3, -0.25) is 4.68 Å². The van der Waals surface area contributed by atoms with Crippen molar-refractivity contribution >= 4 is 32.9 Å². The minimum Gasteiger partial charge on any atom is -0.495 e. The zero-order valence-corrected chi connectivity index (χ0v) is 15.7. The number of halogens is 1. The van der Waals surface area contributed by atoms with E-state index in [9.17, 15) is 4.79 Å². The SMILES string of the molecule is COC(=O)N(C)C1CCC(n2cc3cc(Br)c(OC)cc3n2)CC1. The molecule has 0 saturated heterocycles. The van der Waals surface area contributed by atoms with Crippen molar-refractivity contribution in [3.8, 4) is 5.75 Å². The Bertz CT molecular complexity index is 738. The smallest absolute Gasteiger partial charge is 0.409 e. The highest BCUT2D eigenvalue weighted by molar-refractivity contribution is 9.10. The molecule has 0 radical (unpaired) electrons. The van der Waals surface area contributed by atoms with Crippen LogP contribution in [-0.4, -0.2) is 48.1 Å². The van der Waals surface area contributed by atoms with E-state index in [-0.39, 0.29) is 12.1 Å².